The summed E-state index contributed by atoms with van der Waals surface area (Å²) in [5, 5.41) is 3.53. The molecule has 0 unspecified atom stereocenters. The van der Waals surface area contributed by atoms with Crippen LogP contribution in [-0.4, -0.2) is 12.1 Å². The molecular weight excluding hydrogens is 294 g/mol. The Kier molecular flexibility index (Phi) is 6.18. The zero-order chi connectivity index (χ0) is 12.9. The van der Waals surface area contributed by atoms with E-state index in [4.69, 9.17) is 0 Å². The van der Waals surface area contributed by atoms with Crippen LogP contribution in [0, 0.1) is 6.92 Å². The summed E-state index contributed by atoms with van der Waals surface area (Å²) in [6.45, 7) is 9.96. The molecule has 0 saturated carbocycles. The summed E-state index contributed by atoms with van der Waals surface area (Å²) in [5.74, 6) is 0. The Morgan fingerprint density at radius 1 is 1.24 bits per heavy atom. The minimum absolute atomic E-state index is 0.260. The Morgan fingerprint density at radius 2 is 1.94 bits per heavy atom. The van der Waals surface area contributed by atoms with Crippen molar-refractivity contribution < 1.29 is 0 Å². The van der Waals surface area contributed by atoms with Crippen LogP contribution in [0.4, 0.5) is 0 Å². The van der Waals surface area contributed by atoms with Crippen molar-refractivity contribution >= 4 is 27.3 Å². The summed E-state index contributed by atoms with van der Waals surface area (Å²) in [7, 11) is 0. The number of rotatable bonds is 6. The maximum Gasteiger partial charge on any atom is 0.0730 e. The van der Waals surface area contributed by atoms with Crippen LogP contribution >= 0.6 is 27.3 Å². The zero-order valence-electron chi connectivity index (χ0n) is 11.4. The first-order valence-corrected chi connectivity index (χ1v) is 7.99. The maximum atomic E-state index is 3.58. The molecule has 0 saturated heterocycles. The minimum Gasteiger partial charge on any atom is -0.312 e. The van der Waals surface area contributed by atoms with Crippen LogP contribution in [0.15, 0.2) is 9.85 Å². The summed E-state index contributed by atoms with van der Waals surface area (Å²) in [6.07, 6.45) is 5.13. The summed E-state index contributed by atoms with van der Waals surface area (Å²) in [5.41, 5.74) is 1.63. The molecule has 1 aromatic heterocycles. The van der Waals surface area contributed by atoms with Crippen molar-refractivity contribution in [2.45, 2.75) is 58.9 Å². The second kappa shape index (κ2) is 6.91. The fourth-order valence-electron chi connectivity index (χ4n) is 1.71. The third-order valence-corrected chi connectivity index (χ3v) is 4.86. The number of halogens is 1. The van der Waals surface area contributed by atoms with Gasteiger partial charge < -0.3 is 5.32 Å². The molecule has 0 aliphatic rings. The lowest BCUT2D eigenvalue weighted by atomic mass is 10.1. The van der Waals surface area contributed by atoms with E-state index in [1.165, 1.54) is 39.9 Å². The molecule has 1 heterocycles. The highest BCUT2D eigenvalue weighted by Crippen LogP contribution is 2.28. The average molecular weight is 318 g/mol. The highest BCUT2D eigenvalue weighted by atomic mass is 79.9. The maximum absolute atomic E-state index is 3.58. The SMILES string of the molecule is Cc1cc(CCCCCNC(C)(C)C)sc1Br. The first-order valence-electron chi connectivity index (χ1n) is 6.38. The second-order valence-corrected chi connectivity index (χ2v) is 8.11. The predicted molar refractivity (Wildman–Crippen MR) is 82.1 cm³/mol. The molecule has 0 aromatic carbocycles. The molecule has 0 atom stereocenters. The number of aryl methyl sites for hydroxylation is 2. The van der Waals surface area contributed by atoms with E-state index in [2.05, 4.69) is 55.0 Å². The first-order chi connectivity index (χ1) is 7.88. The lowest BCUT2D eigenvalue weighted by Crippen LogP contribution is -2.36. The summed E-state index contributed by atoms with van der Waals surface area (Å²) in [6, 6.07) is 2.31. The molecule has 0 spiro atoms. The summed E-state index contributed by atoms with van der Waals surface area (Å²) >= 11 is 5.46. The third-order valence-electron chi connectivity index (χ3n) is 2.66. The molecule has 0 fully saturated rings. The molecule has 1 aromatic rings. The van der Waals surface area contributed by atoms with Crippen molar-refractivity contribution in [2.24, 2.45) is 0 Å². The van der Waals surface area contributed by atoms with Crippen molar-refractivity contribution in [3.8, 4) is 0 Å². The Morgan fingerprint density at radius 3 is 2.47 bits per heavy atom. The molecular formula is C14H24BrNS. The van der Waals surface area contributed by atoms with Crippen LogP contribution in [-0.2, 0) is 6.42 Å². The van der Waals surface area contributed by atoms with Gasteiger partial charge in [0.25, 0.3) is 0 Å². The van der Waals surface area contributed by atoms with Gasteiger partial charge in [0, 0.05) is 10.4 Å². The van der Waals surface area contributed by atoms with Crippen LogP contribution in [0.25, 0.3) is 0 Å². The van der Waals surface area contributed by atoms with Gasteiger partial charge in [0.05, 0.1) is 3.79 Å². The largest absolute Gasteiger partial charge is 0.312 e. The van der Waals surface area contributed by atoms with E-state index in [1.54, 1.807) is 0 Å². The van der Waals surface area contributed by atoms with Gasteiger partial charge >= 0.3 is 0 Å². The number of hydrogen-bond acceptors (Lipinski definition) is 2. The van der Waals surface area contributed by atoms with Gasteiger partial charge in [-0.2, -0.15) is 0 Å². The highest BCUT2D eigenvalue weighted by molar-refractivity contribution is 9.11. The highest BCUT2D eigenvalue weighted by Gasteiger charge is 2.07. The molecule has 1 nitrogen and oxygen atoms in total. The van der Waals surface area contributed by atoms with Gasteiger partial charge in [0.1, 0.15) is 0 Å². The van der Waals surface area contributed by atoms with E-state index in [-0.39, 0.29) is 5.54 Å². The number of hydrogen-bond donors (Lipinski definition) is 1. The van der Waals surface area contributed by atoms with Gasteiger partial charge in [-0.25, -0.2) is 0 Å². The van der Waals surface area contributed by atoms with Crippen LogP contribution in [0.5, 0.6) is 0 Å². The van der Waals surface area contributed by atoms with E-state index < -0.39 is 0 Å². The Bertz CT molecular complexity index is 319. The molecule has 1 N–H and O–H groups in total. The van der Waals surface area contributed by atoms with Crippen LogP contribution in [0.1, 0.15) is 50.5 Å². The Balaban J connectivity index is 2.09. The lowest BCUT2D eigenvalue weighted by Gasteiger charge is -2.20. The molecule has 1 rings (SSSR count). The standard InChI is InChI=1S/C14H24BrNS/c1-11-10-12(17-13(11)15)8-6-5-7-9-16-14(2,3)4/h10,16H,5-9H2,1-4H3. The molecule has 98 valence electrons. The molecule has 17 heavy (non-hydrogen) atoms. The summed E-state index contributed by atoms with van der Waals surface area (Å²) in [4.78, 5) is 1.51. The lowest BCUT2D eigenvalue weighted by molar-refractivity contribution is 0.417. The summed E-state index contributed by atoms with van der Waals surface area (Å²) < 4.78 is 1.29. The van der Waals surface area contributed by atoms with E-state index >= 15 is 0 Å². The first kappa shape index (κ1) is 15.2. The molecule has 0 aliphatic carbocycles. The molecule has 0 aliphatic heterocycles. The fraction of sp³-hybridized carbons (Fsp3) is 0.714. The van der Waals surface area contributed by atoms with Crippen molar-refractivity contribution in [1.82, 2.24) is 5.32 Å². The smallest absolute Gasteiger partial charge is 0.0730 e. The topological polar surface area (TPSA) is 12.0 Å². The van der Waals surface area contributed by atoms with Gasteiger partial charge in [-0.05, 0) is 81.1 Å². The molecule has 0 radical (unpaired) electrons. The predicted octanol–water partition coefficient (Wildman–Crippen LogP) is 4.92. The monoisotopic (exact) mass is 317 g/mol. The minimum atomic E-state index is 0.260. The average Bonchev–Trinajstić information content (AvgIpc) is 2.50. The third kappa shape index (κ3) is 6.58. The molecule has 0 bridgehead atoms. The number of thiophene rings is 1. The van der Waals surface area contributed by atoms with Gasteiger partial charge in [-0.15, -0.1) is 11.3 Å². The van der Waals surface area contributed by atoms with Crippen LogP contribution in [0.3, 0.4) is 0 Å². The van der Waals surface area contributed by atoms with Gasteiger partial charge in [-0.3, -0.25) is 0 Å². The van der Waals surface area contributed by atoms with Crippen molar-refractivity contribution in [3.63, 3.8) is 0 Å². The van der Waals surface area contributed by atoms with E-state index in [1.807, 2.05) is 11.3 Å². The second-order valence-electron chi connectivity index (χ2n) is 5.66. The van der Waals surface area contributed by atoms with Crippen molar-refractivity contribution in [3.05, 3.63) is 20.3 Å². The van der Waals surface area contributed by atoms with Gasteiger partial charge in [0.2, 0.25) is 0 Å². The van der Waals surface area contributed by atoms with Gasteiger partial charge in [0.15, 0.2) is 0 Å². The van der Waals surface area contributed by atoms with E-state index in [0.717, 1.165) is 6.54 Å². The van der Waals surface area contributed by atoms with Crippen molar-refractivity contribution in [2.75, 3.05) is 6.54 Å². The van der Waals surface area contributed by atoms with Crippen LogP contribution < -0.4 is 5.32 Å². The van der Waals surface area contributed by atoms with Gasteiger partial charge in [-0.1, -0.05) is 6.42 Å². The fourth-order valence-corrected chi connectivity index (χ4v) is 3.38. The van der Waals surface area contributed by atoms with Crippen LogP contribution in [0.2, 0.25) is 0 Å². The van der Waals surface area contributed by atoms with E-state index in [0.29, 0.717) is 0 Å². The van der Waals surface area contributed by atoms with Crippen molar-refractivity contribution in [1.29, 1.82) is 0 Å². The molecule has 0 amide bonds. The number of unbranched alkanes of at least 4 members (excludes halogenated alkanes) is 2. The molecule has 3 heteroatoms. The Hall–Kier alpha value is 0.140. The quantitative estimate of drug-likeness (QED) is 0.734. The normalized spacial score (nSPS) is 12.1. The Labute approximate surface area is 118 Å². The van der Waals surface area contributed by atoms with E-state index in [9.17, 15) is 0 Å². The number of nitrogens with one attached hydrogen (secondary N) is 1. The zero-order valence-corrected chi connectivity index (χ0v) is 13.8.